The Morgan fingerprint density at radius 2 is 0.794 bits per heavy atom. The van der Waals surface area contributed by atoms with Gasteiger partial charge in [0.15, 0.2) is 5.82 Å². The average Bonchev–Trinajstić information content (AvgIpc) is 3.82. The van der Waals surface area contributed by atoms with Crippen LogP contribution in [0.5, 0.6) is 0 Å². The molecule has 2 heterocycles. The van der Waals surface area contributed by atoms with E-state index in [1.165, 1.54) is 55.3 Å². The molecule has 0 N–H and O–H groups in total. The molecule has 0 aliphatic heterocycles. The molecular weight excluding hydrogens is 763 g/mol. The summed E-state index contributed by atoms with van der Waals surface area (Å²) >= 11 is 0. The molecule has 0 atom stereocenters. The predicted octanol–water partition coefficient (Wildman–Crippen LogP) is 14.9. The van der Waals surface area contributed by atoms with Crippen molar-refractivity contribution in [2.24, 2.45) is 0 Å². The van der Waals surface area contributed by atoms with Crippen molar-refractivity contribution in [3.8, 4) is 78.5 Å². The number of aromatic nitrogens is 3. The molecule has 0 fully saturated rings. The van der Waals surface area contributed by atoms with E-state index in [2.05, 4.69) is 212 Å². The largest absolute Gasteiger partial charge is 0.248 e. The van der Waals surface area contributed by atoms with E-state index >= 15 is 0 Å². The van der Waals surface area contributed by atoms with Crippen molar-refractivity contribution in [1.82, 2.24) is 15.0 Å². The van der Waals surface area contributed by atoms with Gasteiger partial charge in [-0.1, -0.05) is 188 Å². The van der Waals surface area contributed by atoms with Crippen molar-refractivity contribution in [2.75, 3.05) is 0 Å². The first-order valence-electron chi connectivity index (χ1n) is 21.6. The Labute approximate surface area is 365 Å². The Balaban J connectivity index is 1.07. The molecule has 0 saturated carbocycles. The molecule has 3 nitrogen and oxygen atoms in total. The summed E-state index contributed by atoms with van der Waals surface area (Å²) in [6.45, 7) is 0. The van der Waals surface area contributed by atoms with Crippen molar-refractivity contribution >= 4 is 21.7 Å². The quantitative estimate of drug-likeness (QED) is 0.174. The summed E-state index contributed by atoms with van der Waals surface area (Å²) in [5, 5.41) is 3.50. The fourth-order valence-electron chi connectivity index (χ4n) is 10.5. The van der Waals surface area contributed by atoms with Gasteiger partial charge in [-0.05, 0) is 103 Å². The van der Waals surface area contributed by atoms with E-state index < -0.39 is 5.41 Å². The topological polar surface area (TPSA) is 38.7 Å². The third-order valence-electron chi connectivity index (χ3n) is 13.3. The number of hydrogen-bond acceptors (Lipinski definition) is 3. The van der Waals surface area contributed by atoms with Crippen LogP contribution in [-0.2, 0) is 5.41 Å². The van der Waals surface area contributed by atoms with Crippen LogP contribution < -0.4 is 0 Å². The van der Waals surface area contributed by atoms with Gasteiger partial charge in [-0.25, -0.2) is 15.0 Å². The second kappa shape index (κ2) is 13.9. The van der Waals surface area contributed by atoms with Gasteiger partial charge in [0, 0.05) is 27.6 Å². The fraction of sp³-hybridized carbons (Fsp3) is 0.0167. The van der Waals surface area contributed by atoms with Crippen molar-refractivity contribution in [3.63, 3.8) is 0 Å². The van der Waals surface area contributed by atoms with Crippen LogP contribution in [0.4, 0.5) is 0 Å². The minimum atomic E-state index is -0.467. The minimum Gasteiger partial charge on any atom is -0.248 e. The molecule has 11 aromatic rings. The lowest BCUT2D eigenvalue weighted by atomic mass is 9.70. The van der Waals surface area contributed by atoms with E-state index in [-0.39, 0.29) is 0 Å². The van der Waals surface area contributed by atoms with E-state index in [1.54, 1.807) is 0 Å². The second-order valence-electron chi connectivity index (χ2n) is 16.7. The molecular formula is C60H37N3. The Morgan fingerprint density at radius 1 is 0.270 bits per heavy atom. The average molecular weight is 800 g/mol. The SMILES string of the molecule is c1ccc(-c2cc(-c3ccccc3)nc(-c3cccc(-c4cc(-c5ccc6ccccc6c5)nc5cc6c(cc45)-c4ccccc4C64c5ccccc5-c5ccccc54)c3)n2)cc1. The number of rotatable bonds is 5. The maximum absolute atomic E-state index is 5.59. The predicted molar refractivity (Wildman–Crippen MR) is 258 cm³/mol. The van der Waals surface area contributed by atoms with Crippen LogP contribution in [0.3, 0.4) is 0 Å². The van der Waals surface area contributed by atoms with E-state index in [0.717, 1.165) is 61.4 Å². The highest BCUT2D eigenvalue weighted by atomic mass is 14.9. The van der Waals surface area contributed by atoms with Crippen LogP contribution >= 0.6 is 0 Å². The standard InChI is InChI=1S/C60H37N3/c1-3-17-39(18-4-1)56-37-57(40-19-5-2-6-20-40)63-59(62-56)44-23-15-22-42(33-44)48-35-55(43-31-30-38-16-7-8-21-41(38)32-43)61-58-36-54-49(34-50(48)58)47-26-11-14-29-53(47)60(54)51-27-12-9-24-45(51)46-25-10-13-28-52(46)60/h1-37H. The first kappa shape index (κ1) is 35.5. The lowest BCUT2D eigenvalue weighted by Gasteiger charge is -2.30. The third kappa shape index (κ3) is 5.43. The molecule has 292 valence electrons. The molecule has 0 saturated heterocycles. The highest BCUT2D eigenvalue weighted by Crippen LogP contribution is 2.63. The Morgan fingerprint density at radius 3 is 1.44 bits per heavy atom. The lowest BCUT2D eigenvalue weighted by Crippen LogP contribution is -2.25. The summed E-state index contributed by atoms with van der Waals surface area (Å²) in [5.41, 5.74) is 19.8. The van der Waals surface area contributed by atoms with E-state index in [1.807, 2.05) is 12.1 Å². The monoisotopic (exact) mass is 799 g/mol. The smallest absolute Gasteiger partial charge is 0.160 e. The molecule has 2 aliphatic carbocycles. The van der Waals surface area contributed by atoms with Gasteiger partial charge in [-0.2, -0.15) is 0 Å². The Hall–Kier alpha value is -8.27. The first-order valence-corrected chi connectivity index (χ1v) is 21.6. The zero-order chi connectivity index (χ0) is 41.5. The van der Waals surface area contributed by atoms with Crippen LogP contribution in [0, 0.1) is 0 Å². The van der Waals surface area contributed by atoms with Gasteiger partial charge in [-0.15, -0.1) is 0 Å². The molecule has 0 bridgehead atoms. The second-order valence-corrected chi connectivity index (χ2v) is 16.7. The minimum absolute atomic E-state index is 0.467. The highest BCUT2D eigenvalue weighted by Gasteiger charge is 2.51. The van der Waals surface area contributed by atoms with Gasteiger partial charge in [0.25, 0.3) is 0 Å². The summed E-state index contributed by atoms with van der Waals surface area (Å²) in [6, 6.07) is 80.9. The molecule has 1 spiro atoms. The van der Waals surface area contributed by atoms with Crippen LogP contribution in [-0.4, -0.2) is 15.0 Å². The number of pyridine rings is 1. The number of benzene rings is 9. The van der Waals surface area contributed by atoms with Crippen LogP contribution in [0.15, 0.2) is 224 Å². The molecule has 2 aromatic heterocycles. The maximum atomic E-state index is 5.59. The Kier molecular flexibility index (Phi) is 7.82. The van der Waals surface area contributed by atoms with Crippen molar-refractivity contribution in [1.29, 1.82) is 0 Å². The highest BCUT2D eigenvalue weighted by molar-refractivity contribution is 6.05. The summed E-state index contributed by atoms with van der Waals surface area (Å²) in [5.74, 6) is 0.681. The molecule has 0 amide bonds. The molecule has 63 heavy (non-hydrogen) atoms. The van der Waals surface area contributed by atoms with Crippen LogP contribution in [0.2, 0.25) is 0 Å². The van der Waals surface area contributed by atoms with Crippen LogP contribution in [0.1, 0.15) is 22.3 Å². The molecule has 0 unspecified atom stereocenters. The third-order valence-corrected chi connectivity index (χ3v) is 13.3. The normalized spacial score (nSPS) is 12.9. The zero-order valence-corrected chi connectivity index (χ0v) is 34.2. The number of nitrogens with zero attached hydrogens (tertiary/aromatic N) is 3. The maximum Gasteiger partial charge on any atom is 0.160 e. The van der Waals surface area contributed by atoms with E-state index in [9.17, 15) is 0 Å². The van der Waals surface area contributed by atoms with Crippen molar-refractivity contribution in [3.05, 3.63) is 247 Å². The summed E-state index contributed by atoms with van der Waals surface area (Å²) in [7, 11) is 0. The van der Waals surface area contributed by atoms with Gasteiger partial charge in [0.05, 0.1) is 28.0 Å². The zero-order valence-electron chi connectivity index (χ0n) is 34.2. The molecule has 13 rings (SSSR count). The summed E-state index contributed by atoms with van der Waals surface area (Å²) < 4.78 is 0. The Bertz CT molecular complexity index is 3530. The number of hydrogen-bond donors (Lipinski definition) is 0. The number of fused-ring (bicyclic) bond motifs is 12. The molecule has 2 aliphatic rings. The summed E-state index contributed by atoms with van der Waals surface area (Å²) in [6.07, 6.45) is 0. The fourth-order valence-corrected chi connectivity index (χ4v) is 10.5. The van der Waals surface area contributed by atoms with Crippen molar-refractivity contribution < 1.29 is 0 Å². The molecule has 9 aromatic carbocycles. The van der Waals surface area contributed by atoms with Gasteiger partial charge in [0.1, 0.15) is 0 Å². The van der Waals surface area contributed by atoms with Crippen molar-refractivity contribution in [2.45, 2.75) is 5.41 Å². The van der Waals surface area contributed by atoms with Gasteiger partial charge in [-0.3, -0.25) is 0 Å². The summed E-state index contributed by atoms with van der Waals surface area (Å²) in [4.78, 5) is 16.0. The van der Waals surface area contributed by atoms with E-state index in [0.29, 0.717) is 5.82 Å². The lowest BCUT2D eigenvalue weighted by molar-refractivity contribution is 0.794. The van der Waals surface area contributed by atoms with Gasteiger partial charge in [0.2, 0.25) is 0 Å². The molecule has 3 heteroatoms. The molecule has 0 radical (unpaired) electrons. The van der Waals surface area contributed by atoms with Gasteiger partial charge < -0.3 is 0 Å². The first-order chi connectivity index (χ1) is 31.2. The van der Waals surface area contributed by atoms with Gasteiger partial charge >= 0.3 is 0 Å². The van der Waals surface area contributed by atoms with Crippen LogP contribution in [0.25, 0.3) is 100 Å². The van der Waals surface area contributed by atoms with E-state index in [4.69, 9.17) is 15.0 Å².